The highest BCUT2D eigenvalue weighted by molar-refractivity contribution is 6.05. The fraction of sp³-hybridized carbons (Fsp3) is 0.333. The Morgan fingerprint density at radius 2 is 2.22 bits per heavy atom. The average Bonchev–Trinajstić information content (AvgIpc) is 2.52. The van der Waals surface area contributed by atoms with Crippen LogP contribution < -0.4 is 11.1 Å². The third-order valence-electron chi connectivity index (χ3n) is 3.08. The number of aliphatic hydroxyl groups is 1. The molecule has 2 rings (SSSR count). The molecule has 0 aliphatic carbocycles. The molecule has 5 N–H and O–H groups in total. The van der Waals surface area contributed by atoms with Crippen LogP contribution in [0.3, 0.4) is 0 Å². The van der Waals surface area contributed by atoms with E-state index in [1.807, 2.05) is 6.92 Å². The molecule has 18 heavy (non-hydrogen) atoms. The maximum atomic E-state index is 11.8. The number of fused-ring (bicyclic) bond motifs is 1. The molecule has 0 radical (unpaired) electrons. The van der Waals surface area contributed by atoms with Crippen LogP contribution in [0.1, 0.15) is 17.5 Å². The number of rotatable bonds is 3. The lowest BCUT2D eigenvalue weighted by Gasteiger charge is -2.22. The summed E-state index contributed by atoms with van der Waals surface area (Å²) in [6.07, 6.45) is -0.357. The predicted molar refractivity (Wildman–Crippen MR) is 63.9 cm³/mol. The van der Waals surface area contributed by atoms with E-state index in [4.69, 9.17) is 10.8 Å². The Hall–Kier alpha value is -1.92. The number of hydrogen-bond acceptors (Lipinski definition) is 4. The molecule has 2 atom stereocenters. The molecule has 96 valence electrons. The lowest BCUT2D eigenvalue weighted by molar-refractivity contribution is -0.143. The van der Waals surface area contributed by atoms with Gasteiger partial charge in [0, 0.05) is 17.7 Å². The maximum absolute atomic E-state index is 11.8. The van der Waals surface area contributed by atoms with Crippen LogP contribution in [0.4, 0.5) is 5.69 Å². The summed E-state index contributed by atoms with van der Waals surface area (Å²) in [5.41, 5.74) is 5.26. The van der Waals surface area contributed by atoms with E-state index in [9.17, 15) is 14.7 Å². The molecule has 0 spiro atoms. The van der Waals surface area contributed by atoms with Crippen LogP contribution in [-0.2, 0) is 15.2 Å². The first-order valence-corrected chi connectivity index (χ1v) is 5.48. The van der Waals surface area contributed by atoms with Gasteiger partial charge in [-0.05, 0) is 13.0 Å². The Kier molecular flexibility index (Phi) is 2.84. The van der Waals surface area contributed by atoms with Crippen molar-refractivity contribution in [1.82, 2.24) is 0 Å². The molecule has 1 aliphatic rings. The molecule has 0 unspecified atom stereocenters. The van der Waals surface area contributed by atoms with Gasteiger partial charge in [-0.1, -0.05) is 17.7 Å². The molecule has 6 nitrogen and oxygen atoms in total. The number of hydrogen-bond donors (Lipinski definition) is 4. The molecular formula is C12H14N2O4. The monoisotopic (exact) mass is 250 g/mol. The minimum atomic E-state index is -1.88. The molecule has 0 bridgehead atoms. The van der Waals surface area contributed by atoms with Crippen molar-refractivity contribution >= 4 is 17.6 Å². The van der Waals surface area contributed by atoms with Gasteiger partial charge in [-0.25, -0.2) is 0 Å². The van der Waals surface area contributed by atoms with Gasteiger partial charge in [0.2, 0.25) is 0 Å². The summed E-state index contributed by atoms with van der Waals surface area (Å²) in [6, 6.07) is 3.82. The highest BCUT2D eigenvalue weighted by Gasteiger charge is 2.47. The van der Waals surface area contributed by atoms with Gasteiger partial charge in [-0.2, -0.15) is 0 Å². The highest BCUT2D eigenvalue weighted by atomic mass is 16.4. The van der Waals surface area contributed by atoms with Gasteiger partial charge < -0.3 is 21.3 Å². The van der Waals surface area contributed by atoms with Gasteiger partial charge >= 0.3 is 5.97 Å². The molecule has 0 aromatic heterocycles. The van der Waals surface area contributed by atoms with E-state index in [2.05, 4.69) is 5.32 Å². The fourth-order valence-corrected chi connectivity index (χ4v) is 2.07. The van der Waals surface area contributed by atoms with E-state index in [1.165, 1.54) is 0 Å². The number of carboxylic acids is 1. The number of nitrogens with two attached hydrogens (primary N) is 1. The quantitative estimate of drug-likeness (QED) is 0.600. The highest BCUT2D eigenvalue weighted by Crippen LogP contribution is 2.39. The lowest BCUT2D eigenvalue weighted by Crippen LogP contribution is -2.43. The molecule has 1 aliphatic heterocycles. The number of benzene rings is 1. The zero-order chi connectivity index (χ0) is 13.5. The number of amides is 1. The lowest BCUT2D eigenvalue weighted by atomic mass is 9.88. The van der Waals surface area contributed by atoms with Crippen LogP contribution in [0.15, 0.2) is 18.2 Å². The Labute approximate surface area is 103 Å². The Bertz CT molecular complexity index is 529. The SMILES string of the molecule is Cc1ccc2c(c1)[C@@](O)(C[C@H](N)C(=O)O)C(=O)N2. The van der Waals surface area contributed by atoms with Crippen molar-refractivity contribution in [3.63, 3.8) is 0 Å². The minimum Gasteiger partial charge on any atom is -0.480 e. The van der Waals surface area contributed by atoms with Gasteiger partial charge in [-0.3, -0.25) is 9.59 Å². The second-order valence-electron chi connectivity index (χ2n) is 4.51. The Morgan fingerprint density at radius 3 is 2.83 bits per heavy atom. The maximum Gasteiger partial charge on any atom is 0.320 e. The molecular weight excluding hydrogens is 236 g/mol. The number of aliphatic carboxylic acids is 1. The number of nitrogens with one attached hydrogen (secondary N) is 1. The first kappa shape index (κ1) is 12.5. The third kappa shape index (κ3) is 1.85. The summed E-state index contributed by atoms with van der Waals surface area (Å²) in [6.45, 7) is 1.82. The molecule has 1 amide bonds. The van der Waals surface area contributed by atoms with Crippen molar-refractivity contribution < 1.29 is 19.8 Å². The van der Waals surface area contributed by atoms with E-state index < -0.39 is 23.5 Å². The Balaban J connectivity index is 2.42. The number of aryl methyl sites for hydroxylation is 1. The summed E-state index contributed by atoms with van der Waals surface area (Å²) in [4.78, 5) is 22.6. The summed E-state index contributed by atoms with van der Waals surface area (Å²) in [5, 5.41) is 21.7. The summed E-state index contributed by atoms with van der Waals surface area (Å²) in [5.74, 6) is -1.89. The minimum absolute atomic E-state index is 0.357. The third-order valence-corrected chi connectivity index (χ3v) is 3.08. The molecule has 6 heteroatoms. The standard InChI is InChI=1S/C12H14N2O4/c1-6-2-3-9-7(4-6)12(18,11(17)14-9)5-8(13)10(15)16/h2-4,8,18H,5,13H2,1H3,(H,14,17)(H,15,16)/t8-,12-/m0/s1. The number of carboxylic acid groups (broad SMARTS) is 1. The number of anilines is 1. The van der Waals surface area contributed by atoms with E-state index in [-0.39, 0.29) is 6.42 Å². The molecule has 0 saturated carbocycles. The van der Waals surface area contributed by atoms with Crippen molar-refractivity contribution in [2.45, 2.75) is 25.0 Å². The predicted octanol–water partition coefficient (Wildman–Crippen LogP) is -0.0633. The molecule has 1 aromatic carbocycles. The van der Waals surface area contributed by atoms with Crippen LogP contribution in [-0.4, -0.2) is 28.1 Å². The molecule has 0 fully saturated rings. The van der Waals surface area contributed by atoms with E-state index in [0.29, 0.717) is 11.3 Å². The zero-order valence-electron chi connectivity index (χ0n) is 9.80. The van der Waals surface area contributed by atoms with Gasteiger partial charge in [-0.15, -0.1) is 0 Å². The average molecular weight is 250 g/mol. The van der Waals surface area contributed by atoms with Crippen LogP contribution in [0, 0.1) is 6.92 Å². The van der Waals surface area contributed by atoms with Gasteiger partial charge in [0.1, 0.15) is 6.04 Å². The van der Waals surface area contributed by atoms with E-state index >= 15 is 0 Å². The zero-order valence-corrected chi connectivity index (χ0v) is 9.80. The molecule has 1 heterocycles. The van der Waals surface area contributed by atoms with Crippen LogP contribution in [0.2, 0.25) is 0 Å². The van der Waals surface area contributed by atoms with Crippen molar-refractivity contribution in [3.05, 3.63) is 29.3 Å². The first-order chi connectivity index (χ1) is 8.34. The largest absolute Gasteiger partial charge is 0.480 e. The van der Waals surface area contributed by atoms with Crippen molar-refractivity contribution in [2.24, 2.45) is 5.73 Å². The van der Waals surface area contributed by atoms with Crippen molar-refractivity contribution in [2.75, 3.05) is 5.32 Å². The van der Waals surface area contributed by atoms with Crippen LogP contribution in [0.5, 0.6) is 0 Å². The fourth-order valence-electron chi connectivity index (χ4n) is 2.07. The van der Waals surface area contributed by atoms with Crippen LogP contribution >= 0.6 is 0 Å². The van der Waals surface area contributed by atoms with E-state index in [0.717, 1.165) is 5.56 Å². The van der Waals surface area contributed by atoms with Gasteiger partial charge in [0.05, 0.1) is 0 Å². The molecule has 0 saturated heterocycles. The van der Waals surface area contributed by atoms with Gasteiger partial charge in [0.15, 0.2) is 5.60 Å². The topological polar surface area (TPSA) is 113 Å². The smallest absolute Gasteiger partial charge is 0.320 e. The normalized spacial score (nSPS) is 23.4. The van der Waals surface area contributed by atoms with Crippen molar-refractivity contribution in [1.29, 1.82) is 0 Å². The second-order valence-corrected chi connectivity index (χ2v) is 4.51. The molecule has 1 aromatic rings. The van der Waals surface area contributed by atoms with Crippen molar-refractivity contribution in [3.8, 4) is 0 Å². The summed E-state index contributed by atoms with van der Waals surface area (Å²) in [7, 11) is 0. The van der Waals surface area contributed by atoms with Gasteiger partial charge in [0.25, 0.3) is 5.91 Å². The van der Waals surface area contributed by atoms with Crippen LogP contribution in [0.25, 0.3) is 0 Å². The number of carbonyl (C=O) groups is 2. The summed E-state index contributed by atoms with van der Waals surface area (Å²) >= 11 is 0. The Morgan fingerprint density at radius 1 is 1.56 bits per heavy atom. The number of carbonyl (C=O) groups excluding carboxylic acids is 1. The first-order valence-electron chi connectivity index (χ1n) is 5.48. The second kappa shape index (κ2) is 4.08. The summed E-state index contributed by atoms with van der Waals surface area (Å²) < 4.78 is 0. The van der Waals surface area contributed by atoms with E-state index in [1.54, 1.807) is 18.2 Å².